The second kappa shape index (κ2) is 6.11. The first-order valence-electron chi connectivity index (χ1n) is 7.40. The van der Waals surface area contributed by atoms with Gasteiger partial charge in [-0.15, -0.1) is 0 Å². The summed E-state index contributed by atoms with van der Waals surface area (Å²) in [5.41, 5.74) is 0.693. The zero-order valence-corrected chi connectivity index (χ0v) is 13.2. The molecule has 7 heteroatoms. The number of carbonyl (C=O) groups excluding carboxylic acids is 1. The van der Waals surface area contributed by atoms with Crippen molar-refractivity contribution in [2.45, 2.75) is 13.8 Å². The van der Waals surface area contributed by atoms with E-state index in [1.807, 2.05) is 13.0 Å². The smallest absolute Gasteiger partial charge is 0.345 e. The van der Waals surface area contributed by atoms with Gasteiger partial charge in [-0.2, -0.15) is 0 Å². The van der Waals surface area contributed by atoms with Crippen LogP contribution in [0.1, 0.15) is 22.8 Å². The van der Waals surface area contributed by atoms with Crippen LogP contribution in [0.5, 0.6) is 0 Å². The molecule has 1 N–H and O–H groups in total. The Kier molecular flexibility index (Phi) is 3.99. The molecule has 0 bridgehead atoms. The summed E-state index contributed by atoms with van der Waals surface area (Å²) in [5, 5.41) is 0.880. The largest absolute Gasteiger partial charge is 0.462 e. The van der Waals surface area contributed by atoms with E-state index < -0.39 is 17.2 Å². The SMILES string of the molecule is CCOC(=O)c1cn(-c2ccc3nccc(C)c3c2)c(=O)[nH]c1=O. The second-order valence-corrected chi connectivity index (χ2v) is 5.22. The van der Waals surface area contributed by atoms with Gasteiger partial charge in [0.25, 0.3) is 5.56 Å². The number of fused-ring (bicyclic) bond motifs is 1. The van der Waals surface area contributed by atoms with Crippen molar-refractivity contribution in [3.63, 3.8) is 0 Å². The molecule has 0 unspecified atom stereocenters. The first-order valence-corrected chi connectivity index (χ1v) is 7.40. The average molecular weight is 325 g/mol. The molecule has 24 heavy (non-hydrogen) atoms. The molecule has 0 aliphatic carbocycles. The predicted octanol–water partition coefficient (Wildman–Crippen LogP) is 1.56. The number of rotatable bonds is 3. The number of nitrogens with one attached hydrogen (secondary N) is 1. The lowest BCUT2D eigenvalue weighted by Gasteiger charge is -2.09. The Hall–Kier alpha value is -3.22. The average Bonchev–Trinajstić information content (AvgIpc) is 2.55. The van der Waals surface area contributed by atoms with Crippen molar-refractivity contribution in [1.29, 1.82) is 0 Å². The maximum atomic E-state index is 12.1. The quantitative estimate of drug-likeness (QED) is 0.738. The van der Waals surface area contributed by atoms with Crippen molar-refractivity contribution in [2.75, 3.05) is 6.61 Å². The van der Waals surface area contributed by atoms with Gasteiger partial charge in [0.2, 0.25) is 0 Å². The molecule has 0 amide bonds. The van der Waals surface area contributed by atoms with Crippen LogP contribution in [-0.4, -0.2) is 27.1 Å². The molecule has 3 rings (SSSR count). The summed E-state index contributed by atoms with van der Waals surface area (Å²) in [7, 11) is 0. The van der Waals surface area contributed by atoms with Crippen LogP contribution in [0.15, 0.2) is 46.2 Å². The van der Waals surface area contributed by atoms with Gasteiger partial charge in [0.15, 0.2) is 0 Å². The number of aromatic amines is 1. The zero-order chi connectivity index (χ0) is 17.3. The standard InChI is InChI=1S/C17H15N3O4/c1-3-24-16(22)13-9-20(17(23)19-15(13)21)11-4-5-14-12(8-11)10(2)6-7-18-14/h4-9H,3H2,1-2H3,(H,19,21,23). The highest BCUT2D eigenvalue weighted by molar-refractivity contribution is 5.89. The maximum absolute atomic E-state index is 12.1. The Balaban J connectivity index is 2.21. The summed E-state index contributed by atoms with van der Waals surface area (Å²) in [5.74, 6) is -0.772. The van der Waals surface area contributed by atoms with E-state index in [0.29, 0.717) is 5.69 Å². The topological polar surface area (TPSA) is 94.1 Å². The Labute approximate surface area is 136 Å². The van der Waals surface area contributed by atoms with E-state index in [1.54, 1.807) is 31.3 Å². The van der Waals surface area contributed by atoms with Crippen molar-refractivity contribution in [3.8, 4) is 5.69 Å². The number of aryl methyl sites for hydroxylation is 1. The highest BCUT2D eigenvalue weighted by Gasteiger charge is 2.15. The van der Waals surface area contributed by atoms with Crippen LogP contribution in [0.4, 0.5) is 0 Å². The molecule has 0 aliphatic heterocycles. The van der Waals surface area contributed by atoms with Gasteiger partial charge in [-0.25, -0.2) is 9.59 Å². The molecule has 7 nitrogen and oxygen atoms in total. The van der Waals surface area contributed by atoms with E-state index in [4.69, 9.17) is 4.74 Å². The zero-order valence-electron chi connectivity index (χ0n) is 13.2. The molecule has 0 aliphatic rings. The summed E-state index contributed by atoms with van der Waals surface area (Å²) in [6, 6.07) is 7.13. The number of esters is 1. The van der Waals surface area contributed by atoms with Gasteiger partial charge in [-0.1, -0.05) is 0 Å². The predicted molar refractivity (Wildman–Crippen MR) is 88.7 cm³/mol. The minimum atomic E-state index is -0.772. The van der Waals surface area contributed by atoms with Crippen molar-refractivity contribution in [3.05, 3.63) is 68.6 Å². The lowest BCUT2D eigenvalue weighted by Crippen LogP contribution is -2.33. The van der Waals surface area contributed by atoms with E-state index in [0.717, 1.165) is 16.5 Å². The highest BCUT2D eigenvalue weighted by atomic mass is 16.5. The van der Waals surface area contributed by atoms with E-state index >= 15 is 0 Å². The Morgan fingerprint density at radius 2 is 2.08 bits per heavy atom. The number of hydrogen-bond donors (Lipinski definition) is 1. The molecule has 3 aromatic rings. The normalized spacial score (nSPS) is 10.8. The molecule has 0 radical (unpaired) electrons. The summed E-state index contributed by atoms with van der Waals surface area (Å²) in [4.78, 5) is 42.2. The highest BCUT2D eigenvalue weighted by Crippen LogP contribution is 2.19. The third kappa shape index (κ3) is 2.71. The van der Waals surface area contributed by atoms with Crippen LogP contribution in [0, 0.1) is 6.92 Å². The van der Waals surface area contributed by atoms with E-state index in [-0.39, 0.29) is 12.2 Å². The van der Waals surface area contributed by atoms with Crippen LogP contribution < -0.4 is 11.2 Å². The molecule has 0 atom stereocenters. The van der Waals surface area contributed by atoms with Crippen molar-refractivity contribution >= 4 is 16.9 Å². The van der Waals surface area contributed by atoms with Crippen molar-refractivity contribution in [2.24, 2.45) is 0 Å². The van der Waals surface area contributed by atoms with Crippen molar-refractivity contribution in [1.82, 2.24) is 14.5 Å². The Morgan fingerprint density at radius 3 is 2.83 bits per heavy atom. The number of aromatic nitrogens is 3. The van der Waals surface area contributed by atoms with Gasteiger partial charge in [-0.3, -0.25) is 19.3 Å². The van der Waals surface area contributed by atoms with Gasteiger partial charge < -0.3 is 4.74 Å². The third-order valence-corrected chi connectivity index (χ3v) is 3.66. The molecule has 2 aromatic heterocycles. The summed E-state index contributed by atoms with van der Waals surface area (Å²) in [6.45, 7) is 3.72. The molecule has 0 fully saturated rings. The second-order valence-electron chi connectivity index (χ2n) is 5.22. The van der Waals surface area contributed by atoms with Crippen LogP contribution in [0.25, 0.3) is 16.6 Å². The fraction of sp³-hybridized carbons (Fsp3) is 0.176. The van der Waals surface area contributed by atoms with Gasteiger partial charge >= 0.3 is 11.7 Å². The molecule has 0 saturated carbocycles. The minimum absolute atomic E-state index is 0.137. The van der Waals surface area contributed by atoms with Crippen LogP contribution in [-0.2, 0) is 4.74 Å². The van der Waals surface area contributed by atoms with Crippen LogP contribution >= 0.6 is 0 Å². The van der Waals surface area contributed by atoms with Crippen LogP contribution in [0.2, 0.25) is 0 Å². The number of nitrogens with zero attached hydrogens (tertiary/aromatic N) is 2. The molecular weight excluding hydrogens is 310 g/mol. The van der Waals surface area contributed by atoms with Crippen LogP contribution in [0.3, 0.4) is 0 Å². The van der Waals surface area contributed by atoms with E-state index in [2.05, 4.69) is 9.97 Å². The lowest BCUT2D eigenvalue weighted by atomic mass is 10.1. The minimum Gasteiger partial charge on any atom is -0.462 e. The van der Waals surface area contributed by atoms with Gasteiger partial charge in [0.05, 0.1) is 17.8 Å². The third-order valence-electron chi connectivity index (χ3n) is 3.66. The summed E-state index contributed by atoms with van der Waals surface area (Å²) in [6.07, 6.45) is 2.91. The molecule has 0 saturated heterocycles. The first kappa shape index (κ1) is 15.7. The first-order chi connectivity index (χ1) is 11.5. The molecule has 1 aromatic carbocycles. The van der Waals surface area contributed by atoms with E-state index in [1.165, 1.54) is 10.8 Å². The van der Waals surface area contributed by atoms with Gasteiger partial charge in [0, 0.05) is 17.8 Å². The Bertz CT molecular complexity index is 1050. The number of ether oxygens (including phenoxy) is 1. The number of benzene rings is 1. The van der Waals surface area contributed by atoms with E-state index in [9.17, 15) is 14.4 Å². The summed E-state index contributed by atoms with van der Waals surface area (Å²) >= 11 is 0. The molecule has 2 heterocycles. The Morgan fingerprint density at radius 1 is 1.29 bits per heavy atom. The van der Waals surface area contributed by atoms with Gasteiger partial charge in [-0.05, 0) is 43.7 Å². The lowest BCUT2D eigenvalue weighted by molar-refractivity contribution is 0.0523. The molecule has 122 valence electrons. The number of carbonyl (C=O) groups is 1. The fourth-order valence-corrected chi connectivity index (χ4v) is 2.44. The summed E-state index contributed by atoms with van der Waals surface area (Å²) < 4.78 is 6.05. The van der Waals surface area contributed by atoms with Crippen molar-refractivity contribution < 1.29 is 9.53 Å². The van der Waals surface area contributed by atoms with Gasteiger partial charge in [0.1, 0.15) is 5.56 Å². The number of hydrogen-bond acceptors (Lipinski definition) is 5. The number of H-pyrrole nitrogens is 1. The molecule has 0 spiro atoms. The number of pyridine rings is 1. The molecular formula is C17H15N3O4. The monoisotopic (exact) mass is 325 g/mol. The maximum Gasteiger partial charge on any atom is 0.345 e. The fourth-order valence-electron chi connectivity index (χ4n) is 2.44.